The van der Waals surface area contributed by atoms with Gasteiger partial charge in [0.15, 0.2) is 0 Å². The number of carbonyl (C=O) groups is 2. The van der Waals surface area contributed by atoms with E-state index in [-0.39, 0.29) is 29.2 Å². The molecule has 0 bridgehead atoms. The number of hydrogen-bond acceptors (Lipinski definition) is 7. The smallest absolute Gasteiger partial charge is 0.343 e. The quantitative estimate of drug-likeness (QED) is 0.386. The van der Waals surface area contributed by atoms with E-state index in [4.69, 9.17) is 4.74 Å². The fourth-order valence-electron chi connectivity index (χ4n) is 1.93. The molecular formula is C16H13NO7. The number of nitrogens with zero attached hydrogens (tertiary/aromatic N) is 1. The summed E-state index contributed by atoms with van der Waals surface area (Å²) in [7, 11) is 1.23. The van der Waals surface area contributed by atoms with Crippen LogP contribution in [0.25, 0.3) is 0 Å². The molecule has 124 valence electrons. The highest BCUT2D eigenvalue weighted by Crippen LogP contribution is 2.21. The van der Waals surface area contributed by atoms with Crippen LogP contribution in [0, 0.1) is 10.1 Å². The van der Waals surface area contributed by atoms with Gasteiger partial charge in [-0.25, -0.2) is 4.79 Å². The average Bonchev–Trinajstić information content (AvgIpc) is 2.54. The van der Waals surface area contributed by atoms with Gasteiger partial charge in [0.05, 0.1) is 24.0 Å². The van der Waals surface area contributed by atoms with Crippen molar-refractivity contribution in [2.75, 3.05) is 7.11 Å². The number of esters is 2. The lowest BCUT2D eigenvalue weighted by atomic mass is 10.1. The lowest BCUT2D eigenvalue weighted by molar-refractivity contribution is -0.384. The van der Waals surface area contributed by atoms with E-state index in [1.165, 1.54) is 49.6 Å². The fraction of sp³-hybridized carbons (Fsp3) is 0.125. The third kappa shape index (κ3) is 4.29. The number of phenols is 1. The van der Waals surface area contributed by atoms with Gasteiger partial charge in [-0.15, -0.1) is 0 Å². The van der Waals surface area contributed by atoms with Gasteiger partial charge in [-0.05, 0) is 35.9 Å². The third-order valence-corrected chi connectivity index (χ3v) is 3.05. The monoisotopic (exact) mass is 331 g/mol. The Balaban J connectivity index is 2.16. The number of rotatable bonds is 5. The Hall–Kier alpha value is -3.42. The molecule has 8 nitrogen and oxygen atoms in total. The molecule has 8 heteroatoms. The molecule has 0 aliphatic rings. The first-order chi connectivity index (χ1) is 11.4. The van der Waals surface area contributed by atoms with Crippen molar-refractivity contribution in [3.63, 3.8) is 0 Å². The van der Waals surface area contributed by atoms with Crippen molar-refractivity contribution in [3.05, 3.63) is 63.7 Å². The zero-order chi connectivity index (χ0) is 17.7. The van der Waals surface area contributed by atoms with Crippen molar-refractivity contribution >= 4 is 17.6 Å². The molecule has 0 saturated heterocycles. The van der Waals surface area contributed by atoms with Gasteiger partial charge in [-0.2, -0.15) is 0 Å². The SMILES string of the molecule is COC(=O)Cc1cc(O)cc(C(=O)Oc2ccc([N+](=O)[O-])cc2)c1. The van der Waals surface area contributed by atoms with Gasteiger partial charge in [-0.1, -0.05) is 0 Å². The summed E-state index contributed by atoms with van der Waals surface area (Å²) in [6, 6.07) is 8.89. The van der Waals surface area contributed by atoms with Crippen molar-refractivity contribution in [1.82, 2.24) is 0 Å². The summed E-state index contributed by atoms with van der Waals surface area (Å²) in [5.41, 5.74) is 0.289. The van der Waals surface area contributed by atoms with E-state index in [2.05, 4.69) is 4.74 Å². The van der Waals surface area contributed by atoms with Gasteiger partial charge >= 0.3 is 11.9 Å². The van der Waals surface area contributed by atoms with Crippen molar-refractivity contribution in [2.24, 2.45) is 0 Å². The van der Waals surface area contributed by atoms with Gasteiger partial charge in [0.2, 0.25) is 0 Å². The number of hydrogen-bond donors (Lipinski definition) is 1. The largest absolute Gasteiger partial charge is 0.508 e. The second-order valence-electron chi connectivity index (χ2n) is 4.78. The lowest BCUT2D eigenvalue weighted by Gasteiger charge is -2.07. The van der Waals surface area contributed by atoms with E-state index in [0.717, 1.165) is 0 Å². The molecule has 0 unspecified atom stereocenters. The van der Waals surface area contributed by atoms with Crippen LogP contribution in [-0.4, -0.2) is 29.1 Å². The van der Waals surface area contributed by atoms with Crippen LogP contribution in [0.5, 0.6) is 11.5 Å². The molecule has 1 N–H and O–H groups in total. The Morgan fingerprint density at radius 2 is 1.83 bits per heavy atom. The molecule has 2 aromatic rings. The minimum atomic E-state index is -0.772. The standard InChI is InChI=1S/C16H13NO7/c1-23-15(19)8-10-6-11(9-13(18)7-10)16(20)24-14-4-2-12(3-5-14)17(21)22/h2-7,9,18H,8H2,1H3. The second kappa shape index (κ2) is 7.23. The summed E-state index contributed by atoms with van der Waals surface area (Å²) < 4.78 is 9.62. The number of aromatic hydroxyl groups is 1. The van der Waals surface area contributed by atoms with Crippen LogP contribution in [0.15, 0.2) is 42.5 Å². The Morgan fingerprint density at radius 3 is 2.42 bits per heavy atom. The van der Waals surface area contributed by atoms with Gasteiger partial charge in [0.25, 0.3) is 5.69 Å². The van der Waals surface area contributed by atoms with E-state index in [0.29, 0.717) is 5.56 Å². The Morgan fingerprint density at radius 1 is 1.17 bits per heavy atom. The Kier molecular flexibility index (Phi) is 5.10. The molecule has 0 saturated carbocycles. The van der Waals surface area contributed by atoms with Crippen molar-refractivity contribution in [1.29, 1.82) is 0 Å². The van der Waals surface area contributed by atoms with Crippen LogP contribution in [-0.2, 0) is 16.0 Å². The van der Waals surface area contributed by atoms with Gasteiger partial charge < -0.3 is 14.6 Å². The van der Waals surface area contributed by atoms with Crippen LogP contribution >= 0.6 is 0 Å². The summed E-state index contributed by atoms with van der Waals surface area (Å²) in [4.78, 5) is 33.4. The predicted molar refractivity (Wildman–Crippen MR) is 81.9 cm³/mol. The minimum Gasteiger partial charge on any atom is -0.508 e. The molecule has 0 amide bonds. The third-order valence-electron chi connectivity index (χ3n) is 3.05. The molecule has 0 atom stereocenters. The topological polar surface area (TPSA) is 116 Å². The summed E-state index contributed by atoms with van der Waals surface area (Å²) in [6.45, 7) is 0. The van der Waals surface area contributed by atoms with Gasteiger partial charge in [0, 0.05) is 12.1 Å². The molecule has 0 heterocycles. The number of non-ortho nitro benzene ring substituents is 1. The van der Waals surface area contributed by atoms with E-state index in [1.54, 1.807) is 0 Å². The van der Waals surface area contributed by atoms with Crippen molar-refractivity contribution < 1.29 is 29.1 Å². The molecule has 24 heavy (non-hydrogen) atoms. The van der Waals surface area contributed by atoms with E-state index in [1.807, 2.05) is 0 Å². The maximum absolute atomic E-state index is 12.1. The lowest BCUT2D eigenvalue weighted by Crippen LogP contribution is -2.10. The number of ether oxygens (including phenoxy) is 2. The average molecular weight is 331 g/mol. The summed E-state index contributed by atoms with van der Waals surface area (Å²) >= 11 is 0. The van der Waals surface area contributed by atoms with Gasteiger partial charge in [0.1, 0.15) is 11.5 Å². The Labute approximate surface area is 136 Å². The molecule has 0 fully saturated rings. The summed E-state index contributed by atoms with van der Waals surface area (Å²) in [5, 5.41) is 20.2. The number of methoxy groups -OCH3 is 1. The number of phenolic OH excluding ortho intramolecular Hbond substituents is 1. The molecule has 0 aromatic heterocycles. The zero-order valence-electron chi connectivity index (χ0n) is 12.6. The van der Waals surface area contributed by atoms with E-state index in [9.17, 15) is 24.8 Å². The fourth-order valence-corrected chi connectivity index (χ4v) is 1.93. The molecule has 0 aliphatic heterocycles. The van der Waals surface area contributed by atoms with E-state index >= 15 is 0 Å². The first kappa shape index (κ1) is 16.9. The maximum Gasteiger partial charge on any atom is 0.343 e. The number of nitro groups is 1. The molecule has 2 aromatic carbocycles. The first-order valence-corrected chi connectivity index (χ1v) is 6.75. The highest BCUT2D eigenvalue weighted by Gasteiger charge is 2.14. The van der Waals surface area contributed by atoms with Crippen molar-refractivity contribution in [3.8, 4) is 11.5 Å². The highest BCUT2D eigenvalue weighted by molar-refractivity contribution is 5.92. The molecular weight excluding hydrogens is 318 g/mol. The van der Waals surface area contributed by atoms with Gasteiger partial charge in [-0.3, -0.25) is 14.9 Å². The normalized spacial score (nSPS) is 10.0. The van der Waals surface area contributed by atoms with Crippen LogP contribution in [0.4, 0.5) is 5.69 Å². The molecule has 0 radical (unpaired) electrons. The second-order valence-corrected chi connectivity index (χ2v) is 4.78. The number of carbonyl (C=O) groups excluding carboxylic acids is 2. The minimum absolute atomic E-state index is 0.0345. The van der Waals surface area contributed by atoms with Crippen LogP contribution in [0.2, 0.25) is 0 Å². The van der Waals surface area contributed by atoms with Crippen LogP contribution in [0.1, 0.15) is 15.9 Å². The zero-order valence-corrected chi connectivity index (χ0v) is 12.6. The highest BCUT2D eigenvalue weighted by atomic mass is 16.6. The number of benzene rings is 2. The van der Waals surface area contributed by atoms with Crippen LogP contribution < -0.4 is 4.74 Å². The Bertz CT molecular complexity index is 784. The number of nitro benzene ring substituents is 1. The van der Waals surface area contributed by atoms with Crippen LogP contribution in [0.3, 0.4) is 0 Å². The molecule has 2 rings (SSSR count). The first-order valence-electron chi connectivity index (χ1n) is 6.75. The predicted octanol–water partition coefficient (Wildman–Crippen LogP) is 2.24. The summed E-state index contributed by atoms with van der Waals surface area (Å²) in [6.07, 6.45) is -0.108. The molecule has 0 aliphatic carbocycles. The molecule has 0 spiro atoms. The maximum atomic E-state index is 12.1. The van der Waals surface area contributed by atoms with Crippen molar-refractivity contribution in [2.45, 2.75) is 6.42 Å². The summed E-state index contributed by atoms with van der Waals surface area (Å²) in [5.74, 6) is -1.38. The van der Waals surface area contributed by atoms with E-state index < -0.39 is 16.9 Å².